The molecule has 0 aromatic carbocycles. The molecular formula is C6H14N2O2S. The van der Waals surface area contributed by atoms with Gasteiger partial charge in [0.1, 0.15) is 0 Å². The van der Waals surface area contributed by atoms with Crippen molar-refractivity contribution in [3.05, 3.63) is 0 Å². The number of primary sulfonamides is 1. The van der Waals surface area contributed by atoms with Crippen LogP contribution in [0.4, 0.5) is 0 Å². The highest BCUT2D eigenvalue weighted by Gasteiger charge is 2.21. The zero-order valence-corrected chi connectivity index (χ0v) is 7.23. The number of hydrogen-bond acceptors (Lipinski definition) is 3. The predicted molar refractivity (Wildman–Crippen MR) is 43.6 cm³/mol. The molecule has 0 unspecified atom stereocenters. The second-order valence-corrected chi connectivity index (χ2v) is 4.76. The van der Waals surface area contributed by atoms with Crippen LogP contribution >= 0.6 is 0 Å². The molecule has 66 valence electrons. The molecule has 0 radical (unpaired) electrons. The Morgan fingerprint density at radius 3 is 2.73 bits per heavy atom. The summed E-state index contributed by atoms with van der Waals surface area (Å²) in [4.78, 5) is 0. The smallest absolute Gasteiger partial charge is 0.213 e. The van der Waals surface area contributed by atoms with E-state index in [1.54, 1.807) is 0 Å². The highest BCUT2D eigenvalue weighted by Crippen LogP contribution is 2.09. The van der Waals surface area contributed by atoms with Crippen LogP contribution in [0.1, 0.15) is 19.3 Å². The third kappa shape index (κ3) is 2.76. The standard InChI is InChI=1S/C6H14N2O2S/c7-11(9,10)6-3-1-2-4-8-5-6/h6,8H,1-5H2,(H2,7,9,10)/t6-/m0/s1. The van der Waals surface area contributed by atoms with Gasteiger partial charge in [0.25, 0.3) is 0 Å². The van der Waals surface area contributed by atoms with Crippen LogP contribution in [-0.2, 0) is 10.0 Å². The van der Waals surface area contributed by atoms with Gasteiger partial charge in [0.15, 0.2) is 0 Å². The number of nitrogens with one attached hydrogen (secondary N) is 1. The molecule has 1 fully saturated rings. The maximum absolute atomic E-state index is 10.9. The minimum Gasteiger partial charge on any atom is -0.315 e. The van der Waals surface area contributed by atoms with Gasteiger partial charge in [-0.05, 0) is 19.4 Å². The zero-order chi connectivity index (χ0) is 8.32. The molecule has 0 amide bonds. The van der Waals surface area contributed by atoms with E-state index in [-0.39, 0.29) is 5.25 Å². The Bertz CT molecular complexity index is 205. The van der Waals surface area contributed by atoms with Crippen molar-refractivity contribution in [1.29, 1.82) is 0 Å². The lowest BCUT2D eigenvalue weighted by atomic mass is 10.2. The van der Waals surface area contributed by atoms with Crippen LogP contribution in [0.25, 0.3) is 0 Å². The van der Waals surface area contributed by atoms with Gasteiger partial charge in [0.2, 0.25) is 10.0 Å². The average molecular weight is 178 g/mol. The Kier molecular flexibility index (Phi) is 2.86. The van der Waals surface area contributed by atoms with Crippen molar-refractivity contribution >= 4 is 10.0 Å². The third-order valence-corrected chi connectivity index (χ3v) is 3.30. The third-order valence-electron chi connectivity index (χ3n) is 1.97. The Morgan fingerprint density at radius 1 is 1.36 bits per heavy atom. The lowest BCUT2D eigenvalue weighted by molar-refractivity contribution is 0.569. The fourth-order valence-electron chi connectivity index (χ4n) is 1.27. The van der Waals surface area contributed by atoms with Gasteiger partial charge in [-0.3, -0.25) is 0 Å². The van der Waals surface area contributed by atoms with E-state index in [2.05, 4.69) is 5.32 Å². The molecule has 1 aliphatic rings. The summed E-state index contributed by atoms with van der Waals surface area (Å²) >= 11 is 0. The van der Waals surface area contributed by atoms with Crippen LogP contribution < -0.4 is 10.5 Å². The fourth-order valence-corrected chi connectivity index (χ4v) is 2.11. The molecule has 1 aliphatic heterocycles. The van der Waals surface area contributed by atoms with Gasteiger partial charge < -0.3 is 5.32 Å². The van der Waals surface area contributed by atoms with Gasteiger partial charge >= 0.3 is 0 Å². The van der Waals surface area contributed by atoms with Gasteiger partial charge in [0, 0.05) is 6.54 Å². The molecule has 0 aromatic heterocycles. The second kappa shape index (κ2) is 3.51. The molecule has 0 aliphatic carbocycles. The summed E-state index contributed by atoms with van der Waals surface area (Å²) in [6, 6.07) is 0. The monoisotopic (exact) mass is 178 g/mol. The first-order chi connectivity index (χ1) is 5.11. The number of nitrogens with two attached hydrogens (primary N) is 1. The van der Waals surface area contributed by atoms with Crippen LogP contribution in [0.15, 0.2) is 0 Å². The zero-order valence-electron chi connectivity index (χ0n) is 6.41. The molecule has 3 N–H and O–H groups in total. The number of hydrogen-bond donors (Lipinski definition) is 2. The van der Waals surface area contributed by atoms with Crippen LogP contribution in [0.3, 0.4) is 0 Å². The van der Waals surface area contributed by atoms with Crippen LogP contribution in [0, 0.1) is 0 Å². The highest BCUT2D eigenvalue weighted by atomic mass is 32.2. The molecule has 1 rings (SSSR count). The van der Waals surface area contributed by atoms with E-state index in [0.29, 0.717) is 13.0 Å². The minimum atomic E-state index is -3.31. The quantitative estimate of drug-likeness (QED) is 0.564. The van der Waals surface area contributed by atoms with E-state index in [4.69, 9.17) is 5.14 Å². The first-order valence-electron chi connectivity index (χ1n) is 3.83. The number of rotatable bonds is 1. The summed E-state index contributed by atoms with van der Waals surface area (Å²) in [5, 5.41) is 7.69. The normalized spacial score (nSPS) is 27.9. The second-order valence-electron chi connectivity index (χ2n) is 2.91. The Hall–Kier alpha value is -0.130. The van der Waals surface area contributed by atoms with Crippen LogP contribution in [-0.4, -0.2) is 26.8 Å². The minimum absolute atomic E-state index is 0.370. The highest BCUT2D eigenvalue weighted by molar-refractivity contribution is 7.89. The number of sulfonamides is 1. The first-order valence-corrected chi connectivity index (χ1v) is 5.44. The largest absolute Gasteiger partial charge is 0.315 e. The van der Waals surface area contributed by atoms with Gasteiger partial charge in [-0.15, -0.1) is 0 Å². The molecule has 4 nitrogen and oxygen atoms in total. The molecule has 0 bridgehead atoms. The summed E-state index contributed by atoms with van der Waals surface area (Å²) in [5.74, 6) is 0. The first kappa shape index (κ1) is 8.96. The summed E-state index contributed by atoms with van der Waals surface area (Å²) < 4.78 is 21.8. The van der Waals surface area contributed by atoms with Crippen molar-refractivity contribution < 1.29 is 8.42 Å². The van der Waals surface area contributed by atoms with Gasteiger partial charge in [-0.25, -0.2) is 13.6 Å². The van der Waals surface area contributed by atoms with Crippen LogP contribution in [0.2, 0.25) is 0 Å². The summed E-state index contributed by atoms with van der Waals surface area (Å²) in [5.41, 5.74) is 0. The van der Waals surface area contributed by atoms with E-state index in [9.17, 15) is 8.42 Å². The molecule has 0 saturated carbocycles. The molecule has 1 atom stereocenters. The fraction of sp³-hybridized carbons (Fsp3) is 1.00. The van der Waals surface area contributed by atoms with Gasteiger partial charge in [0.05, 0.1) is 5.25 Å². The topological polar surface area (TPSA) is 72.2 Å². The maximum Gasteiger partial charge on any atom is 0.213 e. The summed E-state index contributed by atoms with van der Waals surface area (Å²) in [7, 11) is -3.31. The van der Waals surface area contributed by atoms with Gasteiger partial charge in [-0.2, -0.15) is 0 Å². The summed E-state index contributed by atoms with van der Waals surface area (Å²) in [6.07, 6.45) is 2.70. The van der Waals surface area contributed by atoms with Crippen molar-refractivity contribution in [2.45, 2.75) is 24.5 Å². The Balaban J connectivity index is 2.57. The molecule has 5 heteroatoms. The van der Waals surface area contributed by atoms with Crippen LogP contribution in [0.5, 0.6) is 0 Å². The lowest BCUT2D eigenvalue weighted by Gasteiger charge is -2.10. The van der Waals surface area contributed by atoms with Crippen molar-refractivity contribution in [2.24, 2.45) is 5.14 Å². The maximum atomic E-state index is 10.9. The van der Waals surface area contributed by atoms with Crippen molar-refractivity contribution in [2.75, 3.05) is 13.1 Å². The van der Waals surface area contributed by atoms with Gasteiger partial charge in [-0.1, -0.05) is 6.42 Å². The summed E-state index contributed by atoms with van der Waals surface area (Å²) in [6.45, 7) is 1.42. The average Bonchev–Trinajstić information content (AvgIpc) is 2.10. The molecule has 1 saturated heterocycles. The van der Waals surface area contributed by atoms with E-state index in [1.807, 2.05) is 0 Å². The van der Waals surface area contributed by atoms with E-state index in [0.717, 1.165) is 19.4 Å². The Labute approximate surface area is 67.2 Å². The Morgan fingerprint density at radius 2 is 2.09 bits per heavy atom. The molecular weight excluding hydrogens is 164 g/mol. The van der Waals surface area contributed by atoms with E-state index >= 15 is 0 Å². The lowest BCUT2D eigenvalue weighted by Crippen LogP contribution is -2.35. The van der Waals surface area contributed by atoms with E-state index in [1.165, 1.54) is 0 Å². The molecule has 0 aromatic rings. The predicted octanol–water partition coefficient (Wildman–Crippen LogP) is -0.583. The molecule has 11 heavy (non-hydrogen) atoms. The molecule has 1 heterocycles. The van der Waals surface area contributed by atoms with Crippen molar-refractivity contribution in [3.63, 3.8) is 0 Å². The van der Waals surface area contributed by atoms with Crippen molar-refractivity contribution in [1.82, 2.24) is 5.32 Å². The van der Waals surface area contributed by atoms with E-state index < -0.39 is 10.0 Å². The SMILES string of the molecule is NS(=O)(=O)[C@H]1CCCCNC1. The molecule has 0 spiro atoms. The van der Waals surface area contributed by atoms with Crippen molar-refractivity contribution in [3.8, 4) is 0 Å².